The highest BCUT2D eigenvalue weighted by molar-refractivity contribution is 7.80. The van der Waals surface area contributed by atoms with Crippen molar-refractivity contribution in [1.29, 1.82) is 0 Å². The molecule has 3 aromatic rings. The quantitative estimate of drug-likeness (QED) is 0.502. The number of carbonyl (C=O) groups is 1. The molecular weight excluding hydrogens is 448 g/mol. The number of piperidine rings is 1. The third kappa shape index (κ3) is 6.40. The number of hydrogen-bond donors (Lipinski definition) is 2. The van der Waals surface area contributed by atoms with Crippen molar-refractivity contribution in [3.8, 4) is 11.3 Å². The van der Waals surface area contributed by atoms with Crippen LogP contribution in [0.5, 0.6) is 0 Å². The highest BCUT2D eigenvalue weighted by atomic mass is 32.1. The number of amides is 1. The Balaban J connectivity index is 0.00000158. The number of alkyl carbamates (subject to hydrolysis) is 1. The van der Waals surface area contributed by atoms with E-state index in [-0.39, 0.29) is 6.09 Å². The van der Waals surface area contributed by atoms with Crippen LogP contribution >= 0.6 is 12.6 Å². The molecule has 1 N–H and O–H groups in total. The molecule has 0 bridgehead atoms. The number of aryl methyl sites for hydroxylation is 1. The minimum atomic E-state index is -0.486. The van der Waals surface area contributed by atoms with Crippen LogP contribution < -0.4 is 10.2 Å². The maximum Gasteiger partial charge on any atom is 0.407 e. The van der Waals surface area contributed by atoms with E-state index in [2.05, 4.69) is 27.8 Å². The van der Waals surface area contributed by atoms with Gasteiger partial charge in [-0.3, -0.25) is 0 Å². The van der Waals surface area contributed by atoms with Gasteiger partial charge in [0, 0.05) is 37.1 Å². The number of ether oxygens (including phenoxy) is 1. The predicted octanol–water partition coefficient (Wildman–Crippen LogP) is 5.09. The molecule has 1 saturated heterocycles. The summed E-state index contributed by atoms with van der Waals surface area (Å²) in [5.74, 6) is 1.12. The third-order valence-electron chi connectivity index (χ3n) is 5.52. The van der Waals surface area contributed by atoms with Crippen molar-refractivity contribution in [1.82, 2.24) is 24.8 Å². The molecule has 1 aromatic carbocycles. The number of nitrogens with zero attached hydrogens (tertiary/aromatic N) is 5. The first-order valence-electron chi connectivity index (χ1n) is 11.9. The minimum absolute atomic E-state index is 0.359. The third-order valence-corrected chi connectivity index (χ3v) is 5.82. The number of imidazole rings is 1. The van der Waals surface area contributed by atoms with Crippen molar-refractivity contribution < 1.29 is 9.53 Å². The molecule has 184 valence electrons. The summed E-state index contributed by atoms with van der Waals surface area (Å²) in [5, 5.41) is 2.90. The number of aromatic nitrogens is 4. The largest absolute Gasteiger partial charge is 0.444 e. The highest BCUT2D eigenvalue weighted by Gasteiger charge is 2.24. The van der Waals surface area contributed by atoms with Gasteiger partial charge in [-0.2, -0.15) is 4.98 Å². The van der Waals surface area contributed by atoms with Crippen LogP contribution in [0.25, 0.3) is 22.4 Å². The number of carbonyl (C=O) groups excluding carboxylic acids is 1. The Bertz CT molecular complexity index is 1100. The molecule has 0 atom stereocenters. The van der Waals surface area contributed by atoms with E-state index in [1.165, 1.54) is 0 Å². The molecule has 1 aliphatic heterocycles. The zero-order valence-electron chi connectivity index (χ0n) is 21.0. The Kier molecular flexibility index (Phi) is 8.41. The molecule has 0 unspecified atom stereocenters. The Hall–Kier alpha value is -2.81. The summed E-state index contributed by atoms with van der Waals surface area (Å²) < 4.78 is 7.26. The molecule has 8 nitrogen and oxygen atoms in total. The highest BCUT2D eigenvalue weighted by Crippen LogP contribution is 2.29. The molecule has 0 radical (unpaired) electrons. The van der Waals surface area contributed by atoms with Crippen LogP contribution in [0.4, 0.5) is 10.7 Å². The lowest BCUT2D eigenvalue weighted by atomic mass is 9.97. The smallest absolute Gasteiger partial charge is 0.407 e. The fourth-order valence-corrected chi connectivity index (χ4v) is 3.99. The van der Waals surface area contributed by atoms with E-state index in [0.717, 1.165) is 53.2 Å². The maximum absolute atomic E-state index is 11.9. The van der Waals surface area contributed by atoms with Gasteiger partial charge in [-0.1, -0.05) is 26.0 Å². The van der Waals surface area contributed by atoms with Crippen LogP contribution in [-0.4, -0.2) is 50.8 Å². The van der Waals surface area contributed by atoms with Crippen molar-refractivity contribution >= 4 is 35.8 Å². The van der Waals surface area contributed by atoms with Crippen LogP contribution in [0, 0.1) is 5.92 Å². The standard InChI is InChI=1S/C23H30N6O2S.C2H6/c1-23(2,3)31-22(30)24-13-15-9-11-29(12-10-15)21-26-18(16-5-7-17(32)8-6-16)19-20(27-21)28(4)14-25-19;1-2/h5-8,14-15,32H,9-13H2,1-4H3,(H,24,30);1-2H3. The van der Waals surface area contributed by atoms with Crippen LogP contribution in [0.2, 0.25) is 0 Å². The summed E-state index contributed by atoms with van der Waals surface area (Å²) in [6.45, 7) is 11.9. The number of anilines is 1. The predicted molar refractivity (Wildman–Crippen MR) is 140 cm³/mol. The van der Waals surface area contributed by atoms with E-state index in [1.807, 2.05) is 70.5 Å². The van der Waals surface area contributed by atoms with Crippen molar-refractivity contribution in [2.45, 2.75) is 58.0 Å². The maximum atomic E-state index is 11.9. The van der Waals surface area contributed by atoms with Gasteiger partial charge in [-0.25, -0.2) is 14.8 Å². The van der Waals surface area contributed by atoms with E-state index in [4.69, 9.17) is 14.7 Å². The molecular formula is C25H36N6O2S. The van der Waals surface area contributed by atoms with Crippen molar-refractivity contribution in [2.75, 3.05) is 24.5 Å². The molecule has 0 aliphatic carbocycles. The van der Waals surface area contributed by atoms with Gasteiger partial charge in [0.2, 0.25) is 5.95 Å². The summed E-state index contributed by atoms with van der Waals surface area (Å²) in [6.07, 6.45) is 3.31. The van der Waals surface area contributed by atoms with E-state index in [1.54, 1.807) is 6.33 Å². The van der Waals surface area contributed by atoms with E-state index in [9.17, 15) is 4.79 Å². The lowest BCUT2D eigenvalue weighted by Crippen LogP contribution is -2.40. The number of hydrogen-bond acceptors (Lipinski definition) is 7. The molecule has 0 spiro atoms. The summed E-state index contributed by atoms with van der Waals surface area (Å²) in [7, 11) is 1.95. The number of thiol groups is 1. The zero-order chi connectivity index (χ0) is 24.9. The minimum Gasteiger partial charge on any atom is -0.444 e. The van der Waals surface area contributed by atoms with E-state index < -0.39 is 5.60 Å². The fourth-order valence-electron chi connectivity index (χ4n) is 3.84. The summed E-state index contributed by atoms with van der Waals surface area (Å²) >= 11 is 4.39. The molecule has 2 aromatic heterocycles. The first-order valence-corrected chi connectivity index (χ1v) is 12.3. The lowest BCUT2D eigenvalue weighted by molar-refractivity contribution is 0.0516. The zero-order valence-corrected chi connectivity index (χ0v) is 21.9. The second-order valence-electron chi connectivity index (χ2n) is 9.26. The van der Waals surface area contributed by atoms with Gasteiger partial charge in [0.25, 0.3) is 0 Å². The van der Waals surface area contributed by atoms with Crippen LogP contribution in [0.3, 0.4) is 0 Å². The number of fused-ring (bicyclic) bond motifs is 1. The first kappa shape index (κ1) is 25.8. The first-order chi connectivity index (χ1) is 16.2. The van der Waals surface area contributed by atoms with Gasteiger partial charge in [0.1, 0.15) is 16.8 Å². The molecule has 4 rings (SSSR count). The number of rotatable bonds is 4. The number of benzene rings is 1. The lowest BCUT2D eigenvalue weighted by Gasteiger charge is -2.32. The summed E-state index contributed by atoms with van der Waals surface area (Å²) in [5.41, 5.74) is 2.94. The Morgan fingerprint density at radius 1 is 1.15 bits per heavy atom. The molecule has 1 aliphatic rings. The molecule has 0 saturated carbocycles. The Morgan fingerprint density at radius 3 is 2.41 bits per heavy atom. The van der Waals surface area contributed by atoms with Crippen LogP contribution in [-0.2, 0) is 11.8 Å². The van der Waals surface area contributed by atoms with Gasteiger partial charge in [-0.15, -0.1) is 12.6 Å². The van der Waals surface area contributed by atoms with Crippen LogP contribution in [0.1, 0.15) is 47.5 Å². The van der Waals surface area contributed by atoms with E-state index >= 15 is 0 Å². The molecule has 34 heavy (non-hydrogen) atoms. The Morgan fingerprint density at radius 2 is 1.79 bits per heavy atom. The molecule has 1 fully saturated rings. The van der Waals surface area contributed by atoms with Gasteiger partial charge in [-0.05, 0) is 51.7 Å². The fraction of sp³-hybridized carbons (Fsp3) is 0.520. The van der Waals surface area contributed by atoms with Gasteiger partial charge in [0.05, 0.1) is 6.33 Å². The SMILES string of the molecule is CC.Cn1cnc2c(-c3ccc(S)cc3)nc(N3CCC(CNC(=O)OC(C)(C)C)CC3)nc21. The summed E-state index contributed by atoms with van der Waals surface area (Å²) in [6, 6.07) is 7.94. The van der Waals surface area contributed by atoms with Gasteiger partial charge < -0.3 is 19.5 Å². The van der Waals surface area contributed by atoms with Crippen molar-refractivity contribution in [2.24, 2.45) is 13.0 Å². The normalized spacial score (nSPS) is 14.5. The van der Waals surface area contributed by atoms with Crippen molar-refractivity contribution in [3.63, 3.8) is 0 Å². The number of nitrogens with one attached hydrogen (secondary N) is 1. The molecule has 3 heterocycles. The topological polar surface area (TPSA) is 85.2 Å². The van der Waals surface area contributed by atoms with Gasteiger partial charge >= 0.3 is 6.09 Å². The average molecular weight is 485 g/mol. The van der Waals surface area contributed by atoms with E-state index in [0.29, 0.717) is 18.4 Å². The van der Waals surface area contributed by atoms with Gasteiger partial charge in [0.15, 0.2) is 5.65 Å². The second-order valence-corrected chi connectivity index (χ2v) is 9.78. The van der Waals surface area contributed by atoms with Crippen molar-refractivity contribution in [3.05, 3.63) is 30.6 Å². The Labute approximate surface area is 207 Å². The summed E-state index contributed by atoms with van der Waals surface area (Å²) in [4.78, 5) is 29.3. The average Bonchev–Trinajstić information content (AvgIpc) is 3.19. The monoisotopic (exact) mass is 484 g/mol. The van der Waals surface area contributed by atoms with Crippen LogP contribution in [0.15, 0.2) is 35.5 Å². The molecule has 1 amide bonds. The molecule has 9 heteroatoms. The second kappa shape index (κ2) is 11.1.